The van der Waals surface area contributed by atoms with E-state index in [1.165, 1.54) is 18.4 Å². The Bertz CT molecular complexity index is 720. The number of nitrogens with one attached hydrogen (secondary N) is 1. The van der Waals surface area contributed by atoms with Gasteiger partial charge in [-0.3, -0.25) is 0 Å². The first-order valence-electron chi connectivity index (χ1n) is 8.77. The molecule has 3 rings (SSSR count). The Labute approximate surface area is 149 Å². The molecule has 6 nitrogen and oxygen atoms in total. The molecule has 1 aliphatic rings. The van der Waals surface area contributed by atoms with E-state index < -0.39 is 0 Å². The van der Waals surface area contributed by atoms with E-state index in [0.29, 0.717) is 5.95 Å². The molecule has 0 bridgehead atoms. The lowest BCUT2D eigenvalue weighted by molar-refractivity contribution is 0.395. The van der Waals surface area contributed by atoms with Crippen molar-refractivity contribution in [2.45, 2.75) is 33.1 Å². The quantitative estimate of drug-likeness (QED) is 0.863. The highest BCUT2D eigenvalue weighted by atomic mass is 16.5. The maximum absolute atomic E-state index is 5.33. The summed E-state index contributed by atoms with van der Waals surface area (Å²) < 4.78 is 10.7. The number of methoxy groups -OCH3 is 2. The van der Waals surface area contributed by atoms with Crippen LogP contribution < -0.4 is 19.7 Å². The standard InChI is InChI=1S/C19H26N4O2/c1-5-17-13(2)20-19(22-18(17)23-8-6-7-9-23)21-14-10-15(24-3)12-16(11-14)25-4/h10-12H,5-9H2,1-4H3,(H,20,21,22). The van der Waals surface area contributed by atoms with E-state index in [2.05, 4.69) is 29.0 Å². The Morgan fingerprint density at radius 3 is 2.24 bits per heavy atom. The van der Waals surface area contributed by atoms with Gasteiger partial charge in [0, 0.05) is 48.2 Å². The Kier molecular flexibility index (Phi) is 5.26. The van der Waals surface area contributed by atoms with Gasteiger partial charge in [0.25, 0.3) is 0 Å². The molecule has 2 aromatic rings. The number of benzene rings is 1. The molecule has 25 heavy (non-hydrogen) atoms. The van der Waals surface area contributed by atoms with E-state index in [1.807, 2.05) is 18.2 Å². The summed E-state index contributed by atoms with van der Waals surface area (Å²) in [6.07, 6.45) is 3.38. The summed E-state index contributed by atoms with van der Waals surface area (Å²) in [6, 6.07) is 5.65. The molecule has 0 radical (unpaired) electrons. The fourth-order valence-electron chi connectivity index (χ4n) is 3.25. The number of hydrogen-bond acceptors (Lipinski definition) is 6. The van der Waals surface area contributed by atoms with Gasteiger partial charge in [-0.1, -0.05) is 6.92 Å². The van der Waals surface area contributed by atoms with Gasteiger partial charge in [0.1, 0.15) is 17.3 Å². The molecule has 1 aromatic heterocycles. The highest BCUT2D eigenvalue weighted by molar-refractivity contribution is 5.62. The maximum atomic E-state index is 5.33. The van der Waals surface area contributed by atoms with Crippen molar-refractivity contribution in [3.8, 4) is 11.5 Å². The lowest BCUT2D eigenvalue weighted by Gasteiger charge is -2.22. The zero-order chi connectivity index (χ0) is 17.8. The summed E-state index contributed by atoms with van der Waals surface area (Å²) in [7, 11) is 3.28. The minimum Gasteiger partial charge on any atom is -0.497 e. The normalized spacial score (nSPS) is 13.8. The minimum absolute atomic E-state index is 0.604. The van der Waals surface area contributed by atoms with Crippen LogP contribution in [0.1, 0.15) is 31.0 Å². The summed E-state index contributed by atoms with van der Waals surface area (Å²) in [5.41, 5.74) is 3.10. The van der Waals surface area contributed by atoms with Crippen LogP contribution in [0.3, 0.4) is 0 Å². The summed E-state index contributed by atoms with van der Waals surface area (Å²) in [5.74, 6) is 3.11. The van der Waals surface area contributed by atoms with Gasteiger partial charge in [-0.25, -0.2) is 4.98 Å². The second kappa shape index (κ2) is 7.59. The van der Waals surface area contributed by atoms with Crippen LogP contribution in [0.2, 0.25) is 0 Å². The molecule has 0 aliphatic carbocycles. The number of anilines is 3. The molecule has 1 saturated heterocycles. The third kappa shape index (κ3) is 3.78. The van der Waals surface area contributed by atoms with Gasteiger partial charge in [-0.15, -0.1) is 0 Å². The number of rotatable bonds is 6. The van der Waals surface area contributed by atoms with Crippen molar-refractivity contribution < 1.29 is 9.47 Å². The second-order valence-corrected chi connectivity index (χ2v) is 6.21. The van der Waals surface area contributed by atoms with Crippen LogP contribution in [-0.2, 0) is 6.42 Å². The smallest absolute Gasteiger partial charge is 0.229 e. The Morgan fingerprint density at radius 1 is 1.04 bits per heavy atom. The lowest BCUT2D eigenvalue weighted by Crippen LogP contribution is -2.22. The summed E-state index contributed by atoms with van der Waals surface area (Å²) in [5, 5.41) is 3.30. The second-order valence-electron chi connectivity index (χ2n) is 6.21. The summed E-state index contributed by atoms with van der Waals surface area (Å²) in [6.45, 7) is 6.34. The van der Waals surface area contributed by atoms with Gasteiger partial charge >= 0.3 is 0 Å². The van der Waals surface area contributed by atoms with Crippen LogP contribution >= 0.6 is 0 Å². The van der Waals surface area contributed by atoms with Gasteiger partial charge in [-0.2, -0.15) is 4.98 Å². The van der Waals surface area contributed by atoms with Crippen LogP contribution in [0.4, 0.5) is 17.5 Å². The van der Waals surface area contributed by atoms with Gasteiger partial charge < -0.3 is 19.7 Å². The SMILES string of the molecule is CCc1c(C)nc(Nc2cc(OC)cc(OC)c2)nc1N1CCCC1. The van der Waals surface area contributed by atoms with Crippen LogP contribution in [0.25, 0.3) is 0 Å². The molecule has 6 heteroatoms. The zero-order valence-corrected chi connectivity index (χ0v) is 15.4. The molecule has 1 aliphatic heterocycles. The number of aromatic nitrogens is 2. The molecule has 1 aromatic carbocycles. The van der Waals surface area contributed by atoms with Crippen molar-refractivity contribution in [1.29, 1.82) is 0 Å². The molecular formula is C19H26N4O2. The number of aryl methyl sites for hydroxylation is 1. The Balaban J connectivity index is 1.95. The van der Waals surface area contributed by atoms with Crippen LogP contribution in [0.15, 0.2) is 18.2 Å². The average Bonchev–Trinajstić information content (AvgIpc) is 3.15. The topological polar surface area (TPSA) is 59.5 Å². The highest BCUT2D eigenvalue weighted by Gasteiger charge is 2.20. The largest absolute Gasteiger partial charge is 0.497 e. The first kappa shape index (κ1) is 17.3. The van der Waals surface area contributed by atoms with E-state index in [9.17, 15) is 0 Å². The average molecular weight is 342 g/mol. The summed E-state index contributed by atoms with van der Waals surface area (Å²) >= 11 is 0. The van der Waals surface area contributed by atoms with Crippen molar-refractivity contribution in [2.24, 2.45) is 0 Å². The summed E-state index contributed by atoms with van der Waals surface area (Å²) in [4.78, 5) is 11.8. The Hall–Kier alpha value is -2.50. The zero-order valence-electron chi connectivity index (χ0n) is 15.4. The minimum atomic E-state index is 0.604. The van der Waals surface area contributed by atoms with Crippen molar-refractivity contribution in [3.05, 3.63) is 29.5 Å². The predicted molar refractivity (Wildman–Crippen MR) is 100 cm³/mol. The predicted octanol–water partition coefficient (Wildman–Crippen LogP) is 3.71. The molecule has 1 fully saturated rings. The van der Waals surface area contributed by atoms with E-state index >= 15 is 0 Å². The van der Waals surface area contributed by atoms with Crippen LogP contribution in [-0.4, -0.2) is 37.3 Å². The van der Waals surface area contributed by atoms with E-state index in [0.717, 1.165) is 48.2 Å². The molecule has 0 atom stereocenters. The highest BCUT2D eigenvalue weighted by Crippen LogP contribution is 2.30. The van der Waals surface area contributed by atoms with E-state index in [-0.39, 0.29) is 0 Å². The van der Waals surface area contributed by atoms with Gasteiger partial charge in [0.05, 0.1) is 14.2 Å². The molecule has 0 unspecified atom stereocenters. The molecule has 0 spiro atoms. The van der Waals surface area contributed by atoms with Crippen LogP contribution in [0, 0.1) is 6.92 Å². The maximum Gasteiger partial charge on any atom is 0.229 e. The van der Waals surface area contributed by atoms with Crippen molar-refractivity contribution >= 4 is 17.5 Å². The van der Waals surface area contributed by atoms with E-state index in [1.54, 1.807) is 14.2 Å². The first-order chi connectivity index (χ1) is 12.1. The van der Waals surface area contributed by atoms with Crippen molar-refractivity contribution in [3.63, 3.8) is 0 Å². The number of nitrogens with zero attached hydrogens (tertiary/aromatic N) is 3. The molecular weight excluding hydrogens is 316 g/mol. The lowest BCUT2D eigenvalue weighted by atomic mass is 10.1. The van der Waals surface area contributed by atoms with Crippen molar-refractivity contribution in [2.75, 3.05) is 37.5 Å². The molecule has 0 amide bonds. The van der Waals surface area contributed by atoms with Crippen molar-refractivity contribution in [1.82, 2.24) is 9.97 Å². The fourth-order valence-corrected chi connectivity index (χ4v) is 3.25. The van der Waals surface area contributed by atoms with Gasteiger partial charge in [-0.05, 0) is 26.2 Å². The molecule has 0 saturated carbocycles. The molecule has 1 N–H and O–H groups in total. The number of hydrogen-bond donors (Lipinski definition) is 1. The van der Waals surface area contributed by atoms with E-state index in [4.69, 9.17) is 14.5 Å². The van der Waals surface area contributed by atoms with Gasteiger partial charge in [0.15, 0.2) is 0 Å². The Morgan fingerprint density at radius 2 is 1.68 bits per heavy atom. The molecule has 2 heterocycles. The third-order valence-electron chi connectivity index (χ3n) is 4.56. The fraction of sp³-hybridized carbons (Fsp3) is 0.474. The molecule has 134 valence electrons. The first-order valence-corrected chi connectivity index (χ1v) is 8.77. The monoisotopic (exact) mass is 342 g/mol. The van der Waals surface area contributed by atoms with Crippen LogP contribution in [0.5, 0.6) is 11.5 Å². The number of ether oxygens (including phenoxy) is 2. The third-order valence-corrected chi connectivity index (χ3v) is 4.56. The van der Waals surface area contributed by atoms with Gasteiger partial charge in [0.2, 0.25) is 5.95 Å².